The number of rotatable bonds is 2. The molecule has 88 valence electrons. The van der Waals surface area contributed by atoms with Crippen molar-refractivity contribution in [3.63, 3.8) is 0 Å². The molecule has 0 aliphatic carbocycles. The van der Waals surface area contributed by atoms with E-state index in [1.807, 2.05) is 0 Å². The van der Waals surface area contributed by atoms with Crippen LogP contribution in [0.1, 0.15) is 13.0 Å². The first-order chi connectivity index (χ1) is 8.00. The fraction of sp³-hybridized carbons (Fsp3) is 0.182. The van der Waals surface area contributed by atoms with Crippen molar-refractivity contribution >= 4 is 32.7 Å². The van der Waals surface area contributed by atoms with Crippen LogP contribution in [0.2, 0.25) is 0 Å². The van der Waals surface area contributed by atoms with Gasteiger partial charge in [-0.2, -0.15) is 5.10 Å². The molecule has 0 saturated heterocycles. The molecule has 0 spiro atoms. The molecule has 17 heavy (non-hydrogen) atoms. The van der Waals surface area contributed by atoms with Gasteiger partial charge < -0.3 is 5.11 Å². The van der Waals surface area contributed by atoms with E-state index in [2.05, 4.69) is 21.0 Å². The van der Waals surface area contributed by atoms with Crippen molar-refractivity contribution < 1.29 is 9.90 Å². The standard InChI is InChI=1S/C11H9BrN2O3/c1-6(11(16)17)14-10(15)9-4-8(12)3-2-7(9)5-13-14/h2-6H,1H3,(H,16,17). The quantitative estimate of drug-likeness (QED) is 0.917. The molecule has 2 rings (SSSR count). The summed E-state index contributed by atoms with van der Waals surface area (Å²) in [4.78, 5) is 22.9. The summed E-state index contributed by atoms with van der Waals surface area (Å²) in [6.45, 7) is 1.42. The largest absolute Gasteiger partial charge is 0.480 e. The maximum atomic E-state index is 12.0. The van der Waals surface area contributed by atoms with E-state index in [9.17, 15) is 9.59 Å². The predicted octanol–water partition coefficient (Wildman–Crippen LogP) is 1.80. The molecule has 1 unspecified atom stereocenters. The maximum Gasteiger partial charge on any atom is 0.328 e. The highest BCUT2D eigenvalue weighted by Gasteiger charge is 2.16. The van der Waals surface area contributed by atoms with E-state index in [-0.39, 0.29) is 0 Å². The summed E-state index contributed by atoms with van der Waals surface area (Å²) >= 11 is 3.27. The molecule has 0 fully saturated rings. The number of carbonyl (C=O) groups is 1. The number of carboxylic acid groups (broad SMARTS) is 1. The van der Waals surface area contributed by atoms with Gasteiger partial charge in [0.25, 0.3) is 5.56 Å². The van der Waals surface area contributed by atoms with E-state index in [4.69, 9.17) is 5.11 Å². The number of halogens is 1. The highest BCUT2D eigenvalue weighted by molar-refractivity contribution is 9.10. The summed E-state index contributed by atoms with van der Waals surface area (Å²) in [6.07, 6.45) is 1.49. The Labute approximate surface area is 105 Å². The van der Waals surface area contributed by atoms with E-state index in [1.54, 1.807) is 18.2 Å². The second kappa shape index (κ2) is 4.29. The highest BCUT2D eigenvalue weighted by Crippen LogP contribution is 2.16. The fourth-order valence-corrected chi connectivity index (χ4v) is 1.87. The number of hydrogen-bond acceptors (Lipinski definition) is 3. The second-order valence-corrected chi connectivity index (χ2v) is 4.56. The summed E-state index contributed by atoms with van der Waals surface area (Å²) in [5, 5.41) is 13.9. The van der Waals surface area contributed by atoms with E-state index < -0.39 is 17.6 Å². The Kier molecular flexibility index (Phi) is 2.97. The first-order valence-electron chi connectivity index (χ1n) is 4.90. The third kappa shape index (κ3) is 2.08. The number of hydrogen-bond donors (Lipinski definition) is 1. The van der Waals surface area contributed by atoms with Gasteiger partial charge in [0.1, 0.15) is 0 Å². The van der Waals surface area contributed by atoms with Crippen LogP contribution in [0.4, 0.5) is 0 Å². The Balaban J connectivity index is 2.73. The van der Waals surface area contributed by atoms with Gasteiger partial charge >= 0.3 is 5.97 Å². The molecule has 1 atom stereocenters. The van der Waals surface area contributed by atoms with Crippen molar-refractivity contribution in [2.24, 2.45) is 0 Å². The minimum atomic E-state index is -1.09. The fourth-order valence-electron chi connectivity index (χ4n) is 1.51. The van der Waals surface area contributed by atoms with Gasteiger partial charge in [-0.15, -0.1) is 0 Å². The van der Waals surface area contributed by atoms with Gasteiger partial charge in [0.2, 0.25) is 0 Å². The molecule has 1 aromatic carbocycles. The number of nitrogens with zero attached hydrogens (tertiary/aromatic N) is 2. The second-order valence-electron chi connectivity index (χ2n) is 3.64. The average Bonchev–Trinajstić information content (AvgIpc) is 2.29. The zero-order valence-electron chi connectivity index (χ0n) is 8.92. The van der Waals surface area contributed by atoms with Crippen LogP contribution in [-0.2, 0) is 4.79 Å². The predicted molar refractivity (Wildman–Crippen MR) is 66.0 cm³/mol. The van der Waals surface area contributed by atoms with Gasteiger partial charge in [0, 0.05) is 9.86 Å². The van der Waals surface area contributed by atoms with E-state index in [1.165, 1.54) is 13.1 Å². The summed E-state index contributed by atoms with van der Waals surface area (Å²) in [5.74, 6) is -1.09. The van der Waals surface area contributed by atoms with Crippen LogP contribution in [0.15, 0.2) is 33.7 Å². The van der Waals surface area contributed by atoms with Crippen molar-refractivity contribution in [3.05, 3.63) is 39.2 Å². The number of aromatic nitrogens is 2. The average molecular weight is 297 g/mol. The normalized spacial score (nSPS) is 12.6. The molecule has 5 nitrogen and oxygen atoms in total. The molecule has 6 heteroatoms. The molecule has 1 heterocycles. The smallest absolute Gasteiger partial charge is 0.328 e. The Hall–Kier alpha value is -1.69. The van der Waals surface area contributed by atoms with Crippen LogP contribution in [0.3, 0.4) is 0 Å². The molecule has 0 radical (unpaired) electrons. The lowest BCUT2D eigenvalue weighted by Gasteiger charge is -2.09. The molecule has 0 bridgehead atoms. The monoisotopic (exact) mass is 296 g/mol. The number of aliphatic carboxylic acids is 1. The van der Waals surface area contributed by atoms with E-state index in [0.717, 1.165) is 9.15 Å². The minimum Gasteiger partial charge on any atom is -0.480 e. The van der Waals surface area contributed by atoms with Crippen LogP contribution in [0.5, 0.6) is 0 Å². The minimum absolute atomic E-state index is 0.404. The molecule has 0 aliphatic rings. The van der Waals surface area contributed by atoms with Crippen molar-refractivity contribution in [1.29, 1.82) is 0 Å². The first kappa shape index (κ1) is 11.8. The number of fused-ring (bicyclic) bond motifs is 1. The van der Waals surface area contributed by atoms with Gasteiger partial charge in [-0.1, -0.05) is 22.0 Å². The van der Waals surface area contributed by atoms with Gasteiger partial charge in [-0.3, -0.25) is 4.79 Å². The Morgan fingerprint density at radius 1 is 1.53 bits per heavy atom. The van der Waals surface area contributed by atoms with Crippen molar-refractivity contribution in [2.45, 2.75) is 13.0 Å². The van der Waals surface area contributed by atoms with E-state index >= 15 is 0 Å². The summed E-state index contributed by atoms with van der Waals surface area (Å²) in [7, 11) is 0. The third-order valence-corrected chi connectivity index (χ3v) is 2.99. The molecular formula is C11H9BrN2O3. The molecule has 0 amide bonds. The zero-order valence-corrected chi connectivity index (χ0v) is 10.5. The lowest BCUT2D eigenvalue weighted by atomic mass is 10.2. The molecule has 1 aromatic heterocycles. The van der Waals surface area contributed by atoms with Crippen LogP contribution in [0, 0.1) is 0 Å². The molecule has 0 aliphatic heterocycles. The molecular weight excluding hydrogens is 288 g/mol. The Morgan fingerprint density at radius 2 is 2.24 bits per heavy atom. The summed E-state index contributed by atoms with van der Waals surface area (Å²) < 4.78 is 1.74. The topological polar surface area (TPSA) is 72.2 Å². The zero-order chi connectivity index (χ0) is 12.6. The lowest BCUT2D eigenvalue weighted by Crippen LogP contribution is -2.30. The Bertz CT molecular complexity index is 651. The van der Waals surface area contributed by atoms with Gasteiger partial charge in [0.05, 0.1) is 11.6 Å². The summed E-state index contributed by atoms with van der Waals surface area (Å²) in [6, 6.07) is 4.23. The Morgan fingerprint density at radius 3 is 2.88 bits per heavy atom. The maximum absolute atomic E-state index is 12.0. The van der Waals surface area contributed by atoms with Crippen molar-refractivity contribution in [2.75, 3.05) is 0 Å². The van der Waals surface area contributed by atoms with Crippen molar-refractivity contribution in [1.82, 2.24) is 9.78 Å². The number of carboxylic acids is 1. The van der Waals surface area contributed by atoms with Crippen LogP contribution >= 0.6 is 15.9 Å². The summed E-state index contributed by atoms with van der Waals surface area (Å²) in [5.41, 5.74) is -0.404. The van der Waals surface area contributed by atoms with Crippen molar-refractivity contribution in [3.8, 4) is 0 Å². The van der Waals surface area contributed by atoms with Gasteiger partial charge in [-0.05, 0) is 19.1 Å². The molecule has 1 N–H and O–H groups in total. The van der Waals surface area contributed by atoms with Crippen LogP contribution in [0.25, 0.3) is 10.8 Å². The van der Waals surface area contributed by atoms with Gasteiger partial charge in [-0.25, -0.2) is 9.48 Å². The van der Waals surface area contributed by atoms with E-state index in [0.29, 0.717) is 10.8 Å². The van der Waals surface area contributed by atoms with Gasteiger partial charge in [0.15, 0.2) is 6.04 Å². The number of benzene rings is 1. The van der Waals surface area contributed by atoms with Crippen LogP contribution in [-0.4, -0.2) is 20.9 Å². The SMILES string of the molecule is CC(C(=O)O)n1ncc2ccc(Br)cc2c1=O. The molecule has 2 aromatic rings. The van der Waals surface area contributed by atoms with Crippen LogP contribution < -0.4 is 5.56 Å². The molecule has 0 saturated carbocycles. The third-order valence-electron chi connectivity index (χ3n) is 2.50. The lowest BCUT2D eigenvalue weighted by molar-refractivity contribution is -0.140. The highest BCUT2D eigenvalue weighted by atomic mass is 79.9. The first-order valence-corrected chi connectivity index (χ1v) is 5.70.